The average molecular weight is 303 g/mol. The number of anilines is 1. The van der Waals surface area contributed by atoms with Gasteiger partial charge in [0.1, 0.15) is 17.5 Å². The molecule has 2 aromatic rings. The molecule has 4 nitrogen and oxygen atoms in total. The van der Waals surface area contributed by atoms with E-state index in [9.17, 15) is 0 Å². The number of benzene rings is 1. The van der Waals surface area contributed by atoms with E-state index >= 15 is 0 Å². The van der Waals surface area contributed by atoms with Crippen LogP contribution in [0.5, 0.6) is 0 Å². The number of hydrogen-bond donors (Lipinski definition) is 1. The van der Waals surface area contributed by atoms with E-state index in [1.54, 1.807) is 11.8 Å². The molecule has 0 radical (unpaired) electrons. The maximum atomic E-state index is 5.83. The van der Waals surface area contributed by atoms with E-state index in [2.05, 4.69) is 42.0 Å². The lowest BCUT2D eigenvalue weighted by Crippen LogP contribution is -2.03. The molecule has 1 heterocycles. The van der Waals surface area contributed by atoms with Crippen molar-refractivity contribution in [2.75, 3.05) is 12.3 Å². The van der Waals surface area contributed by atoms with Crippen LogP contribution < -0.4 is 5.73 Å². The Labute approximate surface area is 130 Å². The second kappa shape index (κ2) is 7.43. The van der Waals surface area contributed by atoms with Gasteiger partial charge in [-0.25, -0.2) is 9.97 Å². The molecule has 5 heteroatoms. The van der Waals surface area contributed by atoms with Crippen LogP contribution in [0, 0.1) is 13.8 Å². The standard InChI is InChI=1S/C16H21N3OS/c1-4-20-9-15-18-14(17)8-16(19-15)21-10-13-6-11(2)5-12(3)7-13/h5-8H,4,9-10H2,1-3H3,(H2,17,18,19). The summed E-state index contributed by atoms with van der Waals surface area (Å²) in [6, 6.07) is 8.39. The Kier molecular flexibility index (Phi) is 5.59. The maximum Gasteiger partial charge on any atom is 0.157 e. The predicted octanol–water partition coefficient (Wildman–Crippen LogP) is 3.50. The molecule has 0 fully saturated rings. The molecular weight excluding hydrogens is 282 g/mol. The molecule has 0 unspecified atom stereocenters. The van der Waals surface area contributed by atoms with Gasteiger partial charge in [-0.2, -0.15) is 0 Å². The number of nitrogens with zero attached hydrogens (tertiary/aromatic N) is 2. The van der Waals surface area contributed by atoms with Gasteiger partial charge in [-0.1, -0.05) is 29.3 Å². The molecule has 2 rings (SSSR count). The van der Waals surface area contributed by atoms with Gasteiger partial charge in [-0.15, -0.1) is 11.8 Å². The Balaban J connectivity index is 2.06. The summed E-state index contributed by atoms with van der Waals surface area (Å²) in [6.07, 6.45) is 0. The van der Waals surface area contributed by atoms with E-state index < -0.39 is 0 Å². The molecule has 1 aromatic carbocycles. The largest absolute Gasteiger partial charge is 0.384 e. The fourth-order valence-electron chi connectivity index (χ4n) is 2.13. The summed E-state index contributed by atoms with van der Waals surface area (Å²) in [5.74, 6) is 2.00. The van der Waals surface area contributed by atoms with Crippen molar-refractivity contribution in [1.29, 1.82) is 0 Å². The number of ether oxygens (including phenoxy) is 1. The first-order valence-electron chi connectivity index (χ1n) is 6.98. The average Bonchev–Trinajstić information content (AvgIpc) is 2.41. The van der Waals surface area contributed by atoms with Crippen LogP contribution in [0.1, 0.15) is 29.4 Å². The summed E-state index contributed by atoms with van der Waals surface area (Å²) < 4.78 is 5.33. The minimum Gasteiger partial charge on any atom is -0.384 e. The van der Waals surface area contributed by atoms with Gasteiger partial charge in [0.15, 0.2) is 5.82 Å². The van der Waals surface area contributed by atoms with Crippen molar-refractivity contribution in [3.63, 3.8) is 0 Å². The van der Waals surface area contributed by atoms with Gasteiger partial charge in [0, 0.05) is 18.4 Å². The number of aryl methyl sites for hydroxylation is 2. The Hall–Kier alpha value is -1.59. The molecule has 0 saturated carbocycles. The summed E-state index contributed by atoms with van der Waals surface area (Å²) in [7, 11) is 0. The highest BCUT2D eigenvalue weighted by Gasteiger charge is 2.05. The monoisotopic (exact) mass is 303 g/mol. The first-order chi connectivity index (χ1) is 10.1. The van der Waals surface area contributed by atoms with Gasteiger partial charge in [0.2, 0.25) is 0 Å². The lowest BCUT2D eigenvalue weighted by Gasteiger charge is -2.07. The van der Waals surface area contributed by atoms with Crippen LogP contribution in [0.15, 0.2) is 29.3 Å². The Morgan fingerprint density at radius 1 is 1.10 bits per heavy atom. The predicted molar refractivity (Wildman–Crippen MR) is 87.3 cm³/mol. The summed E-state index contributed by atoms with van der Waals surface area (Å²) in [5.41, 5.74) is 9.69. The van der Waals surface area contributed by atoms with Crippen molar-refractivity contribution < 1.29 is 4.74 Å². The molecule has 2 N–H and O–H groups in total. The van der Waals surface area contributed by atoms with Crippen LogP contribution in [-0.2, 0) is 17.1 Å². The van der Waals surface area contributed by atoms with E-state index in [0.29, 0.717) is 24.9 Å². The van der Waals surface area contributed by atoms with Gasteiger partial charge in [-0.05, 0) is 26.3 Å². The van der Waals surface area contributed by atoms with Crippen LogP contribution in [0.25, 0.3) is 0 Å². The fraction of sp³-hybridized carbons (Fsp3) is 0.375. The van der Waals surface area contributed by atoms with E-state index in [0.717, 1.165) is 10.8 Å². The van der Waals surface area contributed by atoms with Crippen molar-refractivity contribution in [2.45, 2.75) is 38.2 Å². The van der Waals surface area contributed by atoms with Crippen LogP contribution >= 0.6 is 11.8 Å². The van der Waals surface area contributed by atoms with E-state index in [4.69, 9.17) is 10.5 Å². The SMILES string of the molecule is CCOCc1nc(N)cc(SCc2cc(C)cc(C)c2)n1. The fourth-order valence-corrected chi connectivity index (χ4v) is 2.99. The van der Waals surface area contributed by atoms with E-state index in [1.165, 1.54) is 16.7 Å². The molecule has 0 bridgehead atoms. The Bertz CT molecular complexity index is 596. The van der Waals surface area contributed by atoms with Crippen LogP contribution in [0.4, 0.5) is 5.82 Å². The molecule has 0 aliphatic carbocycles. The maximum absolute atomic E-state index is 5.83. The number of nitrogens with two attached hydrogens (primary N) is 1. The normalized spacial score (nSPS) is 10.8. The summed E-state index contributed by atoms with van der Waals surface area (Å²) in [6.45, 7) is 7.22. The van der Waals surface area contributed by atoms with Gasteiger partial charge >= 0.3 is 0 Å². The van der Waals surface area contributed by atoms with Crippen molar-refractivity contribution >= 4 is 17.6 Å². The molecule has 0 saturated heterocycles. The number of aromatic nitrogens is 2. The number of hydrogen-bond acceptors (Lipinski definition) is 5. The van der Waals surface area contributed by atoms with Crippen molar-refractivity contribution in [3.05, 3.63) is 46.8 Å². The highest BCUT2D eigenvalue weighted by atomic mass is 32.2. The zero-order chi connectivity index (χ0) is 15.2. The molecule has 0 aliphatic rings. The van der Waals surface area contributed by atoms with Gasteiger partial charge in [0.05, 0.1) is 0 Å². The minimum atomic E-state index is 0.401. The molecule has 21 heavy (non-hydrogen) atoms. The lowest BCUT2D eigenvalue weighted by atomic mass is 10.1. The Morgan fingerprint density at radius 2 is 1.81 bits per heavy atom. The highest BCUT2D eigenvalue weighted by molar-refractivity contribution is 7.98. The third-order valence-electron chi connectivity index (χ3n) is 2.87. The quantitative estimate of drug-likeness (QED) is 0.653. The topological polar surface area (TPSA) is 61.0 Å². The third kappa shape index (κ3) is 5.02. The van der Waals surface area contributed by atoms with Crippen LogP contribution in [-0.4, -0.2) is 16.6 Å². The number of rotatable bonds is 6. The molecule has 0 aliphatic heterocycles. The van der Waals surface area contributed by atoms with E-state index in [-0.39, 0.29) is 0 Å². The molecule has 1 aromatic heterocycles. The molecule has 0 spiro atoms. The van der Waals surface area contributed by atoms with Gasteiger partial charge in [-0.3, -0.25) is 0 Å². The second-order valence-corrected chi connectivity index (χ2v) is 5.96. The van der Waals surface area contributed by atoms with Gasteiger partial charge < -0.3 is 10.5 Å². The second-order valence-electron chi connectivity index (χ2n) is 4.97. The first-order valence-corrected chi connectivity index (χ1v) is 7.96. The summed E-state index contributed by atoms with van der Waals surface area (Å²) >= 11 is 1.67. The summed E-state index contributed by atoms with van der Waals surface area (Å²) in [4.78, 5) is 8.66. The van der Waals surface area contributed by atoms with E-state index in [1.807, 2.05) is 13.0 Å². The van der Waals surface area contributed by atoms with Crippen LogP contribution in [0.3, 0.4) is 0 Å². The third-order valence-corrected chi connectivity index (χ3v) is 3.85. The van der Waals surface area contributed by atoms with Gasteiger partial charge in [0.25, 0.3) is 0 Å². The number of nitrogen functional groups attached to an aromatic ring is 1. The Morgan fingerprint density at radius 3 is 2.48 bits per heavy atom. The van der Waals surface area contributed by atoms with Crippen molar-refractivity contribution in [3.8, 4) is 0 Å². The smallest absolute Gasteiger partial charge is 0.157 e. The van der Waals surface area contributed by atoms with Crippen molar-refractivity contribution in [1.82, 2.24) is 9.97 Å². The summed E-state index contributed by atoms with van der Waals surface area (Å²) in [5, 5.41) is 0.886. The number of thioether (sulfide) groups is 1. The zero-order valence-electron chi connectivity index (χ0n) is 12.7. The molecule has 112 valence electrons. The van der Waals surface area contributed by atoms with Crippen molar-refractivity contribution in [2.24, 2.45) is 0 Å². The minimum absolute atomic E-state index is 0.401. The zero-order valence-corrected chi connectivity index (χ0v) is 13.5. The highest BCUT2D eigenvalue weighted by Crippen LogP contribution is 2.23. The molecule has 0 atom stereocenters. The molecular formula is C16H21N3OS. The first kappa shape index (κ1) is 15.8. The van der Waals surface area contributed by atoms with Crippen LogP contribution in [0.2, 0.25) is 0 Å². The molecule has 0 amide bonds. The lowest BCUT2D eigenvalue weighted by molar-refractivity contribution is 0.128.